The molecular weight excluding hydrogens is 464 g/mol. The van der Waals surface area contributed by atoms with Crippen LogP contribution in [0.25, 0.3) is 10.9 Å². The normalized spacial score (nSPS) is 17.8. The molecule has 0 unspecified atom stereocenters. The highest BCUT2D eigenvalue weighted by Crippen LogP contribution is 2.37. The number of nitrogens with one attached hydrogen (secondary N) is 1. The van der Waals surface area contributed by atoms with E-state index in [1.54, 1.807) is 11.6 Å². The van der Waals surface area contributed by atoms with Crippen molar-refractivity contribution < 1.29 is 13.9 Å². The molecule has 2 N–H and O–H groups in total. The van der Waals surface area contributed by atoms with Gasteiger partial charge in [-0.15, -0.1) is 0 Å². The second-order valence-electron chi connectivity index (χ2n) is 9.55. The molecule has 1 aliphatic heterocycles. The first kappa shape index (κ1) is 24.3. The molecule has 2 atom stereocenters. The first-order valence-electron chi connectivity index (χ1n) is 12.3. The van der Waals surface area contributed by atoms with E-state index in [0.29, 0.717) is 6.04 Å². The fraction of sp³-hybridized carbons (Fsp3) is 0.423. The van der Waals surface area contributed by atoms with E-state index in [-0.39, 0.29) is 12.1 Å². The van der Waals surface area contributed by atoms with Gasteiger partial charge in [0.05, 0.1) is 18.1 Å². The predicted octanol–water partition coefficient (Wildman–Crippen LogP) is 3.95. The van der Waals surface area contributed by atoms with Crippen LogP contribution in [-0.2, 0) is 12.1 Å². The highest BCUT2D eigenvalue weighted by Gasteiger charge is 2.41. The number of aromatic nitrogens is 5. The van der Waals surface area contributed by atoms with Crippen molar-refractivity contribution in [1.29, 1.82) is 0 Å². The molecule has 8 nitrogen and oxygen atoms in total. The first-order valence-corrected chi connectivity index (χ1v) is 12.3. The molecule has 0 spiro atoms. The minimum absolute atomic E-state index is 0.0350. The lowest BCUT2D eigenvalue weighted by Crippen LogP contribution is -2.40. The molecule has 1 fully saturated rings. The van der Waals surface area contributed by atoms with Crippen LogP contribution >= 0.6 is 0 Å². The third kappa shape index (κ3) is 4.83. The molecule has 3 heterocycles. The molecule has 1 saturated heterocycles. The Kier molecular flexibility index (Phi) is 6.72. The van der Waals surface area contributed by atoms with Crippen molar-refractivity contribution in [3.8, 4) is 0 Å². The Labute approximate surface area is 208 Å². The van der Waals surface area contributed by atoms with Gasteiger partial charge in [0.25, 0.3) is 0 Å². The number of piperidine rings is 1. The van der Waals surface area contributed by atoms with Crippen molar-refractivity contribution in [3.63, 3.8) is 0 Å². The zero-order valence-corrected chi connectivity index (χ0v) is 20.5. The monoisotopic (exact) mass is 495 g/mol. The summed E-state index contributed by atoms with van der Waals surface area (Å²) < 4.78 is 31.6. The Balaban J connectivity index is 1.43. The number of aliphatic hydroxyl groups is 1. The second kappa shape index (κ2) is 9.94. The topological polar surface area (TPSA) is 84.0 Å². The zero-order valence-electron chi connectivity index (χ0n) is 20.5. The van der Waals surface area contributed by atoms with Crippen LogP contribution in [-0.4, -0.2) is 60.2 Å². The van der Waals surface area contributed by atoms with Crippen LogP contribution in [0.15, 0.2) is 55.2 Å². The van der Waals surface area contributed by atoms with E-state index >= 15 is 0 Å². The molecule has 2 aromatic heterocycles. The molecule has 0 amide bonds. The minimum atomic E-state index is -1.78. The zero-order chi connectivity index (χ0) is 25.3. The van der Waals surface area contributed by atoms with Gasteiger partial charge in [-0.1, -0.05) is 13.0 Å². The molecule has 5 rings (SSSR count). The summed E-state index contributed by atoms with van der Waals surface area (Å²) in [6.45, 7) is 7.13. The van der Waals surface area contributed by atoms with Gasteiger partial charge >= 0.3 is 0 Å². The third-order valence-electron chi connectivity index (χ3n) is 7.28. The summed E-state index contributed by atoms with van der Waals surface area (Å²) in [6.07, 6.45) is 6.83. The Morgan fingerprint density at radius 2 is 1.97 bits per heavy atom. The van der Waals surface area contributed by atoms with Gasteiger partial charge in [-0.25, -0.2) is 18.4 Å². The van der Waals surface area contributed by atoms with E-state index in [9.17, 15) is 13.9 Å². The molecule has 1 aliphatic rings. The standard InChI is InChI=1S/C26H31F2N7O/c1-3-33-10-8-21(9-11-33)31-22-5-7-25-19(12-22)14-35(32-25)18(2)26(36,15-34-17-29-16-30-34)23-6-4-20(27)13-24(23)28/h4-7,12-14,16-18,21,31,36H,3,8-11,15H2,1-2H3/t18-,26-/m1/s1. The van der Waals surface area contributed by atoms with E-state index in [4.69, 9.17) is 0 Å². The molecule has 0 saturated carbocycles. The van der Waals surface area contributed by atoms with Gasteiger partial charge < -0.3 is 15.3 Å². The number of likely N-dealkylation sites (tertiary alicyclic amines) is 1. The van der Waals surface area contributed by atoms with Crippen LogP contribution in [0.2, 0.25) is 0 Å². The van der Waals surface area contributed by atoms with Gasteiger partial charge in [0.2, 0.25) is 0 Å². The maximum atomic E-state index is 14.9. The molecule has 0 radical (unpaired) electrons. The molecular formula is C26H31F2N7O. The molecule has 4 aromatic rings. The van der Waals surface area contributed by atoms with Crippen molar-refractivity contribution in [2.45, 2.75) is 50.9 Å². The molecule has 0 aliphatic carbocycles. The van der Waals surface area contributed by atoms with Gasteiger partial charge in [-0.2, -0.15) is 10.2 Å². The number of fused-ring (bicyclic) bond motifs is 1. The van der Waals surface area contributed by atoms with Gasteiger partial charge in [-0.3, -0.25) is 4.68 Å². The maximum absolute atomic E-state index is 14.9. The first-order chi connectivity index (χ1) is 17.4. The van der Waals surface area contributed by atoms with Crippen LogP contribution in [0.4, 0.5) is 14.5 Å². The third-order valence-corrected chi connectivity index (χ3v) is 7.28. The number of anilines is 1. The van der Waals surface area contributed by atoms with Crippen LogP contribution in [0.1, 0.15) is 38.3 Å². The highest BCUT2D eigenvalue weighted by atomic mass is 19.1. The fourth-order valence-corrected chi connectivity index (χ4v) is 5.03. The van der Waals surface area contributed by atoms with Gasteiger partial charge in [-0.05, 0) is 50.6 Å². The lowest BCUT2D eigenvalue weighted by Gasteiger charge is -2.34. The summed E-state index contributed by atoms with van der Waals surface area (Å²) in [4.78, 5) is 6.38. The summed E-state index contributed by atoms with van der Waals surface area (Å²) in [5.74, 6) is -1.54. The van der Waals surface area contributed by atoms with E-state index in [2.05, 4.69) is 32.3 Å². The Morgan fingerprint density at radius 1 is 1.17 bits per heavy atom. The molecule has 36 heavy (non-hydrogen) atoms. The van der Waals surface area contributed by atoms with E-state index in [0.717, 1.165) is 61.2 Å². The van der Waals surface area contributed by atoms with Crippen LogP contribution in [0.5, 0.6) is 0 Å². The fourth-order valence-electron chi connectivity index (χ4n) is 5.03. The predicted molar refractivity (Wildman–Crippen MR) is 133 cm³/mol. The van der Waals surface area contributed by atoms with Crippen molar-refractivity contribution in [3.05, 3.63) is 72.4 Å². The minimum Gasteiger partial charge on any atom is -0.382 e. The van der Waals surface area contributed by atoms with Crippen LogP contribution in [0.3, 0.4) is 0 Å². The molecule has 0 bridgehead atoms. The van der Waals surface area contributed by atoms with Crippen molar-refractivity contribution in [2.75, 3.05) is 25.0 Å². The highest BCUT2D eigenvalue weighted by molar-refractivity contribution is 5.82. The van der Waals surface area contributed by atoms with Crippen molar-refractivity contribution >= 4 is 16.6 Å². The number of hydrogen-bond donors (Lipinski definition) is 2. The SMILES string of the molecule is CCN1CCC(Nc2ccc3nn([C@H](C)[C@](O)(Cn4cncn4)c4ccc(F)cc4F)cc3c2)CC1. The van der Waals surface area contributed by atoms with E-state index in [1.807, 2.05) is 24.4 Å². The number of benzene rings is 2. The molecule has 2 aromatic carbocycles. The Bertz CT molecular complexity index is 1320. The van der Waals surface area contributed by atoms with E-state index < -0.39 is 23.3 Å². The smallest absolute Gasteiger partial charge is 0.137 e. The van der Waals surface area contributed by atoms with Crippen LogP contribution < -0.4 is 5.32 Å². The lowest BCUT2D eigenvalue weighted by molar-refractivity contribution is -0.0366. The lowest BCUT2D eigenvalue weighted by atomic mass is 9.86. The molecule has 10 heteroatoms. The van der Waals surface area contributed by atoms with Crippen molar-refractivity contribution in [2.24, 2.45) is 0 Å². The van der Waals surface area contributed by atoms with Crippen molar-refractivity contribution in [1.82, 2.24) is 29.4 Å². The van der Waals surface area contributed by atoms with Crippen LogP contribution in [0, 0.1) is 11.6 Å². The van der Waals surface area contributed by atoms with Gasteiger partial charge in [0, 0.05) is 48.0 Å². The summed E-state index contributed by atoms with van der Waals surface area (Å²) in [6, 6.07) is 8.91. The van der Waals surface area contributed by atoms with Gasteiger partial charge in [0.15, 0.2) is 0 Å². The number of halogens is 2. The largest absolute Gasteiger partial charge is 0.382 e. The quantitative estimate of drug-likeness (QED) is 0.385. The summed E-state index contributed by atoms with van der Waals surface area (Å²) >= 11 is 0. The molecule has 190 valence electrons. The average molecular weight is 496 g/mol. The average Bonchev–Trinajstić information content (AvgIpc) is 3.53. The maximum Gasteiger partial charge on any atom is 0.137 e. The number of nitrogens with zero attached hydrogens (tertiary/aromatic N) is 6. The number of hydrogen-bond acceptors (Lipinski definition) is 6. The summed E-state index contributed by atoms with van der Waals surface area (Å²) in [7, 11) is 0. The second-order valence-corrected chi connectivity index (χ2v) is 9.55. The Hall–Kier alpha value is -3.37. The summed E-state index contributed by atoms with van der Waals surface area (Å²) in [5, 5.41) is 25.1. The Morgan fingerprint density at radius 3 is 2.67 bits per heavy atom. The summed E-state index contributed by atoms with van der Waals surface area (Å²) in [5.41, 5.74) is -0.0304. The number of rotatable bonds is 8. The van der Waals surface area contributed by atoms with Gasteiger partial charge in [0.1, 0.15) is 29.9 Å². The van der Waals surface area contributed by atoms with E-state index in [1.165, 1.54) is 23.4 Å².